The Kier molecular flexibility index (Phi) is 9.16. The molecule has 1 N–H and O–H groups in total. The van der Waals surface area contributed by atoms with E-state index < -0.39 is 10.0 Å². The molecule has 0 bridgehead atoms. The van der Waals surface area contributed by atoms with Gasteiger partial charge in [-0.15, -0.1) is 0 Å². The van der Waals surface area contributed by atoms with Crippen molar-refractivity contribution in [2.24, 2.45) is 0 Å². The molecule has 1 aliphatic rings. The number of nitrogens with zero attached hydrogens (tertiary/aromatic N) is 1. The summed E-state index contributed by atoms with van der Waals surface area (Å²) in [6, 6.07) is 8.17. The predicted octanol–water partition coefficient (Wildman–Crippen LogP) is 3.85. The van der Waals surface area contributed by atoms with E-state index in [0.717, 1.165) is 12.2 Å². The van der Waals surface area contributed by atoms with Gasteiger partial charge >= 0.3 is 0 Å². The van der Waals surface area contributed by atoms with Crippen molar-refractivity contribution in [1.82, 2.24) is 9.62 Å². The monoisotopic (exact) mass is 438 g/mol. The van der Waals surface area contributed by atoms with Crippen LogP contribution >= 0.6 is 0 Å². The first-order valence-electron chi connectivity index (χ1n) is 11.1. The number of hydrogen-bond acceptors (Lipinski definition) is 4. The van der Waals surface area contributed by atoms with Gasteiger partial charge in [0.1, 0.15) is 5.75 Å². The van der Waals surface area contributed by atoms with Crippen molar-refractivity contribution in [2.45, 2.75) is 77.7 Å². The summed E-state index contributed by atoms with van der Waals surface area (Å²) in [7, 11) is -3.15. The molecule has 170 valence electrons. The molecule has 6 nitrogen and oxygen atoms in total. The topological polar surface area (TPSA) is 75.7 Å². The van der Waals surface area contributed by atoms with E-state index in [-0.39, 0.29) is 23.1 Å². The summed E-state index contributed by atoms with van der Waals surface area (Å²) in [5.74, 6) is 1.05. The van der Waals surface area contributed by atoms with Crippen molar-refractivity contribution in [2.75, 3.05) is 25.4 Å². The first-order chi connectivity index (χ1) is 14.1. The minimum Gasteiger partial charge on any atom is -0.494 e. The van der Waals surface area contributed by atoms with Crippen LogP contribution in [0.15, 0.2) is 24.3 Å². The van der Waals surface area contributed by atoms with E-state index in [2.05, 4.69) is 38.2 Å². The number of amides is 1. The maximum absolute atomic E-state index is 12.3. The Hall–Kier alpha value is -1.60. The molecule has 1 aromatic carbocycles. The Labute approximate surface area is 182 Å². The van der Waals surface area contributed by atoms with Gasteiger partial charge in [0.05, 0.1) is 12.4 Å². The molecule has 1 amide bonds. The number of carbonyl (C=O) groups excluding carboxylic acids is 1. The zero-order chi connectivity index (χ0) is 22.2. The lowest BCUT2D eigenvalue weighted by Crippen LogP contribution is -2.47. The Morgan fingerprint density at radius 1 is 1.13 bits per heavy atom. The van der Waals surface area contributed by atoms with Crippen LogP contribution in [0.5, 0.6) is 5.75 Å². The quantitative estimate of drug-likeness (QED) is 0.563. The second-order valence-electron chi connectivity index (χ2n) is 9.14. The molecule has 7 heteroatoms. The van der Waals surface area contributed by atoms with E-state index in [1.54, 1.807) is 4.31 Å². The molecule has 0 radical (unpaired) electrons. The zero-order valence-corrected chi connectivity index (χ0v) is 19.8. The van der Waals surface area contributed by atoms with Crippen LogP contribution in [0.2, 0.25) is 0 Å². The summed E-state index contributed by atoms with van der Waals surface area (Å²) in [4.78, 5) is 12.2. The van der Waals surface area contributed by atoms with Crippen LogP contribution in [0.3, 0.4) is 0 Å². The Morgan fingerprint density at radius 2 is 1.77 bits per heavy atom. The number of benzene rings is 1. The van der Waals surface area contributed by atoms with Crippen LogP contribution in [0.4, 0.5) is 0 Å². The van der Waals surface area contributed by atoms with Gasteiger partial charge in [-0.05, 0) is 48.8 Å². The van der Waals surface area contributed by atoms with E-state index in [1.165, 1.54) is 5.56 Å². The fraction of sp³-hybridized carbons (Fsp3) is 0.696. The minimum absolute atomic E-state index is 0.00831. The SMILES string of the molecule is CCCCS(=O)(=O)N1CCC(NC(=O)CCCOc2ccc(C(C)(C)C)cc2)CC1. The van der Waals surface area contributed by atoms with Crippen LogP contribution in [0.1, 0.15) is 71.8 Å². The Bertz CT molecular complexity index is 761. The third-order valence-electron chi connectivity index (χ3n) is 5.51. The van der Waals surface area contributed by atoms with Gasteiger partial charge in [-0.1, -0.05) is 46.2 Å². The molecule has 0 aliphatic carbocycles. The summed E-state index contributed by atoms with van der Waals surface area (Å²) in [5.41, 5.74) is 1.38. The second kappa shape index (κ2) is 11.1. The molecular weight excluding hydrogens is 400 g/mol. The van der Waals surface area contributed by atoms with Crippen molar-refractivity contribution in [1.29, 1.82) is 0 Å². The van der Waals surface area contributed by atoms with Crippen molar-refractivity contribution >= 4 is 15.9 Å². The number of piperidine rings is 1. The normalized spacial score (nSPS) is 16.4. The Morgan fingerprint density at radius 3 is 2.33 bits per heavy atom. The first kappa shape index (κ1) is 24.7. The molecule has 2 rings (SSSR count). The van der Waals surface area contributed by atoms with Crippen molar-refractivity contribution in [3.05, 3.63) is 29.8 Å². The number of rotatable bonds is 10. The molecule has 1 fully saturated rings. The largest absolute Gasteiger partial charge is 0.494 e. The number of carbonyl (C=O) groups is 1. The zero-order valence-electron chi connectivity index (χ0n) is 18.9. The highest BCUT2D eigenvalue weighted by molar-refractivity contribution is 7.89. The van der Waals surface area contributed by atoms with E-state index >= 15 is 0 Å². The minimum atomic E-state index is -3.15. The molecule has 1 aromatic rings. The fourth-order valence-corrected chi connectivity index (χ4v) is 5.19. The predicted molar refractivity (Wildman–Crippen MR) is 121 cm³/mol. The molecular formula is C23H38N2O4S. The third-order valence-corrected chi connectivity index (χ3v) is 7.46. The van der Waals surface area contributed by atoms with Crippen molar-refractivity contribution in [3.8, 4) is 5.75 Å². The Balaban J connectivity index is 1.64. The van der Waals surface area contributed by atoms with Crippen molar-refractivity contribution in [3.63, 3.8) is 0 Å². The van der Waals surface area contributed by atoms with Gasteiger partial charge in [0.15, 0.2) is 0 Å². The molecule has 0 aromatic heterocycles. The van der Waals surface area contributed by atoms with Gasteiger partial charge in [0.2, 0.25) is 15.9 Å². The van der Waals surface area contributed by atoms with Crippen LogP contribution in [-0.2, 0) is 20.2 Å². The van der Waals surface area contributed by atoms with E-state index in [4.69, 9.17) is 4.74 Å². The maximum Gasteiger partial charge on any atom is 0.220 e. The lowest BCUT2D eigenvalue weighted by Gasteiger charge is -2.31. The average Bonchev–Trinajstić information content (AvgIpc) is 2.70. The summed E-state index contributed by atoms with van der Waals surface area (Å²) in [6.45, 7) is 10.0. The smallest absolute Gasteiger partial charge is 0.220 e. The molecule has 30 heavy (non-hydrogen) atoms. The van der Waals surface area contributed by atoms with Gasteiger partial charge in [-0.25, -0.2) is 12.7 Å². The highest BCUT2D eigenvalue weighted by Crippen LogP contribution is 2.24. The number of hydrogen-bond donors (Lipinski definition) is 1. The number of unbranched alkanes of at least 4 members (excludes halogenated alkanes) is 1. The van der Waals surface area contributed by atoms with Gasteiger partial charge in [0.25, 0.3) is 0 Å². The van der Waals surface area contributed by atoms with Crippen LogP contribution < -0.4 is 10.1 Å². The van der Waals surface area contributed by atoms with Gasteiger partial charge in [-0.2, -0.15) is 0 Å². The van der Waals surface area contributed by atoms with Crippen LogP contribution in [0.25, 0.3) is 0 Å². The number of ether oxygens (including phenoxy) is 1. The molecule has 0 saturated carbocycles. The van der Waals surface area contributed by atoms with Crippen LogP contribution in [-0.4, -0.2) is 50.1 Å². The van der Waals surface area contributed by atoms with Gasteiger partial charge in [0, 0.05) is 25.6 Å². The average molecular weight is 439 g/mol. The summed E-state index contributed by atoms with van der Waals surface area (Å²) in [6.07, 6.45) is 3.98. The lowest BCUT2D eigenvalue weighted by molar-refractivity contribution is -0.122. The van der Waals surface area contributed by atoms with E-state index in [9.17, 15) is 13.2 Å². The number of nitrogens with one attached hydrogen (secondary N) is 1. The molecule has 0 spiro atoms. The standard InChI is InChI=1S/C23H38N2O4S/c1-5-6-18-30(27,28)25-15-13-20(14-16-25)24-22(26)8-7-17-29-21-11-9-19(10-12-21)23(2,3)4/h9-12,20H,5-8,13-18H2,1-4H3,(H,24,26). The number of sulfonamides is 1. The molecule has 0 atom stereocenters. The van der Waals surface area contributed by atoms with Gasteiger partial charge < -0.3 is 10.1 Å². The highest BCUT2D eigenvalue weighted by Gasteiger charge is 2.28. The van der Waals surface area contributed by atoms with E-state index in [1.807, 2.05) is 19.1 Å². The second-order valence-corrected chi connectivity index (χ2v) is 11.2. The molecule has 1 aliphatic heterocycles. The molecule has 0 unspecified atom stereocenters. The third kappa shape index (κ3) is 7.91. The first-order valence-corrected chi connectivity index (χ1v) is 12.7. The molecule has 1 heterocycles. The highest BCUT2D eigenvalue weighted by atomic mass is 32.2. The summed E-state index contributed by atoms with van der Waals surface area (Å²) >= 11 is 0. The van der Waals surface area contributed by atoms with Crippen LogP contribution in [0, 0.1) is 0 Å². The van der Waals surface area contributed by atoms with E-state index in [0.29, 0.717) is 51.8 Å². The van der Waals surface area contributed by atoms with Gasteiger partial charge in [-0.3, -0.25) is 4.79 Å². The van der Waals surface area contributed by atoms with Crippen molar-refractivity contribution < 1.29 is 17.9 Å². The fourth-order valence-electron chi connectivity index (χ4n) is 3.51. The lowest BCUT2D eigenvalue weighted by atomic mass is 9.87. The maximum atomic E-state index is 12.3. The summed E-state index contributed by atoms with van der Waals surface area (Å²) in [5, 5.41) is 3.04. The summed E-state index contributed by atoms with van der Waals surface area (Å²) < 4.78 is 31.8. The molecule has 1 saturated heterocycles.